The maximum Gasteiger partial charge on any atom is 0.338 e. The average Bonchev–Trinajstić information content (AvgIpc) is 2.80. The number of nitrogens with zero attached hydrogens (tertiary/aromatic N) is 1. The number of methoxy groups -OCH3 is 1. The van der Waals surface area contributed by atoms with E-state index in [0.29, 0.717) is 49.0 Å². The van der Waals surface area contributed by atoms with E-state index in [1.807, 2.05) is 30.3 Å². The van der Waals surface area contributed by atoms with Crippen LogP contribution in [-0.2, 0) is 26.0 Å². The van der Waals surface area contributed by atoms with Crippen LogP contribution < -0.4 is 5.32 Å². The molecule has 0 spiro atoms. The number of hydrogen-bond acceptors (Lipinski definition) is 5. The fourth-order valence-electron chi connectivity index (χ4n) is 3.98. The Hall–Kier alpha value is -2.71. The Labute approximate surface area is 189 Å². The Morgan fingerprint density at radius 1 is 1.12 bits per heavy atom. The van der Waals surface area contributed by atoms with Crippen LogP contribution >= 0.6 is 0 Å². The van der Waals surface area contributed by atoms with Gasteiger partial charge in [0.25, 0.3) is 0 Å². The monoisotopic (exact) mass is 458 g/mol. The highest BCUT2D eigenvalue weighted by Crippen LogP contribution is 2.24. The zero-order valence-electron chi connectivity index (χ0n) is 18.5. The molecule has 1 fully saturated rings. The Kier molecular flexibility index (Phi) is 8.04. The summed E-state index contributed by atoms with van der Waals surface area (Å²) in [5, 5.41) is 2.87. The van der Waals surface area contributed by atoms with Crippen molar-refractivity contribution < 1.29 is 22.7 Å². The van der Waals surface area contributed by atoms with E-state index < -0.39 is 21.9 Å². The molecule has 1 amide bonds. The molecule has 1 saturated heterocycles. The predicted octanol–water partition coefficient (Wildman–Crippen LogP) is 3.39. The standard InChI is InChI=1S/C24H30N2O5S/c1-18-21(24(28)31-2)13-6-14-22(18)25-23(27)20-12-7-15-26(17-20)32(29,30)16-8-11-19-9-4-3-5-10-19/h3-6,9-10,13-14,20H,7-8,11-12,15-17H2,1-2H3,(H,25,27)/t20-/m1/s1. The van der Waals surface area contributed by atoms with Crippen molar-refractivity contribution in [3.05, 3.63) is 65.2 Å². The minimum atomic E-state index is -3.43. The third-order valence-electron chi connectivity index (χ3n) is 5.86. The summed E-state index contributed by atoms with van der Waals surface area (Å²) in [6, 6.07) is 14.9. The Morgan fingerprint density at radius 2 is 1.88 bits per heavy atom. The molecule has 2 aromatic carbocycles. The first kappa shape index (κ1) is 23.9. The molecule has 1 heterocycles. The molecule has 1 aliphatic heterocycles. The van der Waals surface area contributed by atoms with Crippen LogP contribution in [0.3, 0.4) is 0 Å². The maximum absolute atomic E-state index is 12.9. The number of ether oxygens (including phenoxy) is 1. The second kappa shape index (κ2) is 10.7. The lowest BCUT2D eigenvalue weighted by Crippen LogP contribution is -2.44. The quantitative estimate of drug-likeness (QED) is 0.612. The predicted molar refractivity (Wildman–Crippen MR) is 124 cm³/mol. The van der Waals surface area contributed by atoms with Crippen LogP contribution in [0.25, 0.3) is 0 Å². The van der Waals surface area contributed by atoms with Gasteiger partial charge in [0, 0.05) is 18.8 Å². The van der Waals surface area contributed by atoms with Gasteiger partial charge >= 0.3 is 5.97 Å². The van der Waals surface area contributed by atoms with Gasteiger partial charge in [0.05, 0.1) is 24.3 Å². The van der Waals surface area contributed by atoms with Crippen LogP contribution in [0.2, 0.25) is 0 Å². The molecule has 32 heavy (non-hydrogen) atoms. The molecule has 1 N–H and O–H groups in total. The lowest BCUT2D eigenvalue weighted by molar-refractivity contribution is -0.120. The topological polar surface area (TPSA) is 92.8 Å². The minimum Gasteiger partial charge on any atom is -0.465 e. The van der Waals surface area contributed by atoms with Gasteiger partial charge in [-0.1, -0.05) is 36.4 Å². The number of esters is 1. The smallest absolute Gasteiger partial charge is 0.338 e. The molecule has 172 valence electrons. The van der Waals surface area contributed by atoms with Crippen molar-refractivity contribution in [1.29, 1.82) is 0 Å². The number of nitrogens with one attached hydrogen (secondary N) is 1. The number of anilines is 1. The van der Waals surface area contributed by atoms with E-state index >= 15 is 0 Å². The SMILES string of the molecule is COC(=O)c1cccc(NC(=O)[C@@H]2CCCN(S(=O)(=O)CCCc3ccccc3)C2)c1C. The number of sulfonamides is 1. The Balaban J connectivity index is 1.60. The van der Waals surface area contributed by atoms with Gasteiger partial charge in [-0.05, 0) is 55.9 Å². The fourth-order valence-corrected chi connectivity index (χ4v) is 5.56. The van der Waals surface area contributed by atoms with Gasteiger partial charge in [0.15, 0.2) is 0 Å². The highest BCUT2D eigenvalue weighted by Gasteiger charge is 2.32. The van der Waals surface area contributed by atoms with E-state index in [-0.39, 0.29) is 18.2 Å². The summed E-state index contributed by atoms with van der Waals surface area (Å²) in [4.78, 5) is 24.8. The van der Waals surface area contributed by atoms with Gasteiger partial charge in [-0.2, -0.15) is 0 Å². The van der Waals surface area contributed by atoms with Crippen molar-refractivity contribution in [2.75, 3.05) is 31.3 Å². The van der Waals surface area contributed by atoms with Crippen molar-refractivity contribution >= 4 is 27.6 Å². The average molecular weight is 459 g/mol. The number of hydrogen-bond donors (Lipinski definition) is 1. The van der Waals surface area contributed by atoms with Gasteiger partial charge in [-0.3, -0.25) is 4.79 Å². The molecule has 3 rings (SSSR count). The molecule has 0 aromatic heterocycles. The molecule has 0 saturated carbocycles. The first-order valence-electron chi connectivity index (χ1n) is 10.8. The largest absolute Gasteiger partial charge is 0.465 e. The molecular weight excluding hydrogens is 428 g/mol. The maximum atomic E-state index is 12.9. The van der Waals surface area contributed by atoms with E-state index in [9.17, 15) is 18.0 Å². The number of benzene rings is 2. The van der Waals surface area contributed by atoms with Crippen molar-refractivity contribution in [1.82, 2.24) is 4.31 Å². The highest BCUT2D eigenvalue weighted by molar-refractivity contribution is 7.89. The second-order valence-corrected chi connectivity index (χ2v) is 10.1. The number of aryl methyl sites for hydroxylation is 1. The molecule has 1 atom stereocenters. The fraction of sp³-hybridized carbons (Fsp3) is 0.417. The van der Waals surface area contributed by atoms with Gasteiger partial charge in [-0.25, -0.2) is 17.5 Å². The minimum absolute atomic E-state index is 0.0660. The molecule has 8 heteroatoms. The number of carbonyl (C=O) groups excluding carboxylic acids is 2. The van der Waals surface area contributed by atoms with Gasteiger partial charge < -0.3 is 10.1 Å². The van der Waals surface area contributed by atoms with Crippen LogP contribution in [0, 0.1) is 12.8 Å². The van der Waals surface area contributed by atoms with E-state index in [1.165, 1.54) is 11.4 Å². The molecule has 0 radical (unpaired) electrons. The van der Waals surface area contributed by atoms with Gasteiger partial charge in [0.2, 0.25) is 15.9 Å². The first-order chi connectivity index (χ1) is 15.3. The molecule has 0 aliphatic carbocycles. The van der Waals surface area contributed by atoms with Crippen LogP contribution in [0.4, 0.5) is 5.69 Å². The Bertz CT molecular complexity index is 1050. The zero-order valence-corrected chi connectivity index (χ0v) is 19.4. The second-order valence-electron chi connectivity index (χ2n) is 8.06. The van der Waals surface area contributed by atoms with E-state index in [2.05, 4.69) is 5.32 Å². The van der Waals surface area contributed by atoms with Crippen LogP contribution in [0.15, 0.2) is 48.5 Å². The summed E-state index contributed by atoms with van der Waals surface area (Å²) in [5.74, 6) is -1.08. The summed E-state index contributed by atoms with van der Waals surface area (Å²) in [7, 11) is -2.12. The van der Waals surface area contributed by atoms with Gasteiger partial charge in [-0.15, -0.1) is 0 Å². The van der Waals surface area contributed by atoms with Crippen molar-refractivity contribution in [2.45, 2.75) is 32.6 Å². The number of piperidine rings is 1. The summed E-state index contributed by atoms with van der Waals surface area (Å²) in [6.45, 7) is 2.36. The van der Waals surface area contributed by atoms with E-state index in [1.54, 1.807) is 25.1 Å². The first-order valence-corrected chi connectivity index (χ1v) is 12.4. The van der Waals surface area contributed by atoms with Crippen LogP contribution in [0.5, 0.6) is 0 Å². The number of carbonyl (C=O) groups is 2. The normalized spacial score (nSPS) is 17.0. The lowest BCUT2D eigenvalue weighted by atomic mass is 9.98. The highest BCUT2D eigenvalue weighted by atomic mass is 32.2. The lowest BCUT2D eigenvalue weighted by Gasteiger charge is -2.31. The van der Waals surface area contributed by atoms with Crippen molar-refractivity contribution in [2.24, 2.45) is 5.92 Å². The van der Waals surface area contributed by atoms with Crippen LogP contribution in [0.1, 0.15) is 40.7 Å². The molecule has 0 unspecified atom stereocenters. The molecule has 1 aliphatic rings. The third kappa shape index (κ3) is 5.95. The number of rotatable bonds is 8. The van der Waals surface area contributed by atoms with Crippen molar-refractivity contribution in [3.63, 3.8) is 0 Å². The summed E-state index contributed by atoms with van der Waals surface area (Å²) >= 11 is 0. The summed E-state index contributed by atoms with van der Waals surface area (Å²) in [6.07, 6.45) is 2.50. The summed E-state index contributed by atoms with van der Waals surface area (Å²) < 4.78 is 31.9. The zero-order chi connectivity index (χ0) is 23.1. The number of amides is 1. The molecule has 2 aromatic rings. The molecule has 0 bridgehead atoms. The van der Waals surface area contributed by atoms with Crippen molar-refractivity contribution in [3.8, 4) is 0 Å². The van der Waals surface area contributed by atoms with Crippen LogP contribution in [-0.4, -0.2) is 50.6 Å². The molecule has 7 nitrogen and oxygen atoms in total. The Morgan fingerprint density at radius 3 is 2.59 bits per heavy atom. The van der Waals surface area contributed by atoms with E-state index in [4.69, 9.17) is 4.74 Å². The van der Waals surface area contributed by atoms with Gasteiger partial charge in [0.1, 0.15) is 0 Å². The third-order valence-corrected chi connectivity index (χ3v) is 7.78. The summed E-state index contributed by atoms with van der Waals surface area (Å²) in [5.41, 5.74) is 2.65. The molecular formula is C24H30N2O5S. The van der Waals surface area contributed by atoms with E-state index in [0.717, 1.165) is 5.56 Å².